The molecule has 1 aromatic heterocycles. The first kappa shape index (κ1) is 17.1. The highest BCUT2D eigenvalue weighted by Crippen LogP contribution is 2.21. The molecule has 1 fully saturated rings. The van der Waals surface area contributed by atoms with E-state index in [9.17, 15) is 13.6 Å². The minimum Gasteiger partial charge on any atom is -0.480 e. The molecule has 0 aliphatic carbocycles. The molecule has 1 atom stereocenters. The standard InChI is InChI=1S/C17H17F2N3O3/c1-24-14-7-8-15(21-20-14)25-11-4-3-9-22(10-11)17(23)16-12(18)5-2-6-13(16)19/h2,5-8,11H,3-4,9-10H2,1H3. The molecule has 0 radical (unpaired) electrons. The van der Waals surface area contributed by atoms with E-state index in [0.29, 0.717) is 31.1 Å². The van der Waals surface area contributed by atoms with Crippen LogP contribution in [-0.4, -0.2) is 47.3 Å². The lowest BCUT2D eigenvalue weighted by Crippen LogP contribution is -2.45. The average molecular weight is 349 g/mol. The summed E-state index contributed by atoms with van der Waals surface area (Å²) in [7, 11) is 1.48. The van der Waals surface area contributed by atoms with E-state index in [0.717, 1.165) is 12.1 Å². The molecule has 2 heterocycles. The molecule has 132 valence electrons. The van der Waals surface area contributed by atoms with Gasteiger partial charge in [-0.3, -0.25) is 4.79 Å². The van der Waals surface area contributed by atoms with Crippen LogP contribution in [0.4, 0.5) is 8.78 Å². The number of benzene rings is 1. The summed E-state index contributed by atoms with van der Waals surface area (Å²) >= 11 is 0. The highest BCUT2D eigenvalue weighted by atomic mass is 19.1. The third-order valence-corrected chi connectivity index (χ3v) is 3.95. The van der Waals surface area contributed by atoms with Crippen LogP contribution in [-0.2, 0) is 0 Å². The first-order valence-corrected chi connectivity index (χ1v) is 7.86. The highest BCUT2D eigenvalue weighted by Gasteiger charge is 2.29. The Morgan fingerprint density at radius 1 is 1.16 bits per heavy atom. The van der Waals surface area contributed by atoms with Crippen molar-refractivity contribution >= 4 is 5.91 Å². The van der Waals surface area contributed by atoms with Crippen molar-refractivity contribution in [2.45, 2.75) is 18.9 Å². The molecule has 1 saturated heterocycles. The van der Waals surface area contributed by atoms with E-state index in [1.165, 1.54) is 18.1 Å². The third-order valence-electron chi connectivity index (χ3n) is 3.95. The second-order valence-electron chi connectivity index (χ2n) is 5.64. The smallest absolute Gasteiger partial charge is 0.259 e. The third kappa shape index (κ3) is 3.84. The van der Waals surface area contributed by atoms with E-state index < -0.39 is 23.1 Å². The quantitative estimate of drug-likeness (QED) is 0.848. The number of halogens is 2. The lowest BCUT2D eigenvalue weighted by atomic mass is 10.1. The number of methoxy groups -OCH3 is 1. The predicted molar refractivity (Wildman–Crippen MR) is 84.5 cm³/mol. The number of rotatable bonds is 4. The van der Waals surface area contributed by atoms with Crippen LogP contribution in [0.15, 0.2) is 30.3 Å². The molecule has 2 aromatic rings. The number of hydrogen-bond donors (Lipinski definition) is 0. The zero-order chi connectivity index (χ0) is 17.8. The second-order valence-corrected chi connectivity index (χ2v) is 5.64. The van der Waals surface area contributed by atoms with Gasteiger partial charge in [0.2, 0.25) is 11.8 Å². The fraction of sp³-hybridized carbons (Fsp3) is 0.353. The zero-order valence-corrected chi connectivity index (χ0v) is 13.6. The van der Waals surface area contributed by atoms with E-state index in [2.05, 4.69) is 10.2 Å². The Labute approximate surface area is 143 Å². The summed E-state index contributed by atoms with van der Waals surface area (Å²) in [6, 6.07) is 6.60. The maximum absolute atomic E-state index is 13.8. The summed E-state index contributed by atoms with van der Waals surface area (Å²) in [4.78, 5) is 13.9. The van der Waals surface area contributed by atoms with E-state index in [1.54, 1.807) is 12.1 Å². The van der Waals surface area contributed by atoms with Crippen LogP contribution in [0.2, 0.25) is 0 Å². The molecule has 0 bridgehead atoms. The topological polar surface area (TPSA) is 64.6 Å². The predicted octanol–water partition coefficient (Wildman–Crippen LogP) is 2.45. The van der Waals surface area contributed by atoms with Crippen molar-refractivity contribution in [1.29, 1.82) is 0 Å². The van der Waals surface area contributed by atoms with Gasteiger partial charge < -0.3 is 14.4 Å². The van der Waals surface area contributed by atoms with Crippen LogP contribution < -0.4 is 9.47 Å². The summed E-state index contributed by atoms with van der Waals surface area (Å²) in [5, 5.41) is 7.69. The molecule has 1 aromatic carbocycles. The van der Waals surface area contributed by atoms with Gasteiger partial charge in [-0.05, 0) is 25.0 Å². The zero-order valence-electron chi connectivity index (χ0n) is 13.6. The molecule has 1 amide bonds. The molecule has 1 unspecified atom stereocenters. The number of likely N-dealkylation sites (tertiary alicyclic amines) is 1. The van der Waals surface area contributed by atoms with Crippen LogP contribution in [0.1, 0.15) is 23.2 Å². The first-order chi connectivity index (χ1) is 12.1. The van der Waals surface area contributed by atoms with Crippen LogP contribution in [0.5, 0.6) is 11.8 Å². The number of ether oxygens (including phenoxy) is 2. The molecule has 0 N–H and O–H groups in total. The van der Waals surface area contributed by atoms with Gasteiger partial charge in [0.1, 0.15) is 23.3 Å². The Kier molecular flexibility index (Phi) is 5.06. The average Bonchev–Trinajstić information content (AvgIpc) is 2.62. The van der Waals surface area contributed by atoms with Crippen LogP contribution >= 0.6 is 0 Å². The summed E-state index contributed by atoms with van der Waals surface area (Å²) in [5.41, 5.74) is -0.535. The second kappa shape index (κ2) is 7.42. The van der Waals surface area contributed by atoms with Crippen molar-refractivity contribution in [2.75, 3.05) is 20.2 Å². The number of carbonyl (C=O) groups is 1. The number of hydrogen-bond acceptors (Lipinski definition) is 5. The van der Waals surface area contributed by atoms with Crippen molar-refractivity contribution < 1.29 is 23.0 Å². The Balaban J connectivity index is 1.69. The number of piperidine rings is 1. The number of nitrogens with zero attached hydrogens (tertiary/aromatic N) is 3. The minimum atomic E-state index is -0.867. The van der Waals surface area contributed by atoms with E-state index >= 15 is 0 Å². The molecular formula is C17H17F2N3O3. The highest BCUT2D eigenvalue weighted by molar-refractivity contribution is 5.94. The lowest BCUT2D eigenvalue weighted by Gasteiger charge is -2.32. The molecule has 3 rings (SSSR count). The van der Waals surface area contributed by atoms with Crippen molar-refractivity contribution in [3.63, 3.8) is 0 Å². The molecule has 0 spiro atoms. The Bertz CT molecular complexity index is 735. The summed E-state index contributed by atoms with van der Waals surface area (Å²) in [5.74, 6) is -1.74. The van der Waals surface area contributed by atoms with Gasteiger partial charge >= 0.3 is 0 Å². The van der Waals surface area contributed by atoms with Gasteiger partial charge in [-0.1, -0.05) is 6.07 Å². The van der Waals surface area contributed by atoms with Gasteiger partial charge in [0.25, 0.3) is 5.91 Å². The van der Waals surface area contributed by atoms with Crippen LogP contribution in [0, 0.1) is 11.6 Å². The molecule has 25 heavy (non-hydrogen) atoms. The maximum Gasteiger partial charge on any atom is 0.259 e. The number of amides is 1. The molecule has 1 aliphatic heterocycles. The van der Waals surface area contributed by atoms with Gasteiger partial charge in [0.15, 0.2) is 0 Å². The Hall–Kier alpha value is -2.77. The molecular weight excluding hydrogens is 332 g/mol. The van der Waals surface area contributed by atoms with E-state index in [1.807, 2.05) is 0 Å². The molecule has 1 aliphatic rings. The van der Waals surface area contributed by atoms with Crippen LogP contribution in [0.25, 0.3) is 0 Å². The Morgan fingerprint density at radius 2 is 1.84 bits per heavy atom. The van der Waals surface area contributed by atoms with Gasteiger partial charge in [0, 0.05) is 18.7 Å². The maximum atomic E-state index is 13.8. The van der Waals surface area contributed by atoms with Crippen molar-refractivity contribution in [2.24, 2.45) is 0 Å². The molecule has 0 saturated carbocycles. The SMILES string of the molecule is COc1ccc(OC2CCCN(C(=O)c3c(F)cccc3F)C2)nn1. The monoisotopic (exact) mass is 349 g/mol. The van der Waals surface area contributed by atoms with E-state index in [4.69, 9.17) is 9.47 Å². The van der Waals surface area contributed by atoms with Crippen LogP contribution in [0.3, 0.4) is 0 Å². The van der Waals surface area contributed by atoms with Crippen molar-refractivity contribution in [1.82, 2.24) is 15.1 Å². The largest absolute Gasteiger partial charge is 0.480 e. The fourth-order valence-electron chi connectivity index (χ4n) is 2.73. The summed E-state index contributed by atoms with van der Waals surface area (Å²) < 4.78 is 38.3. The van der Waals surface area contributed by atoms with Gasteiger partial charge in [0.05, 0.1) is 13.7 Å². The Morgan fingerprint density at radius 3 is 2.48 bits per heavy atom. The molecule has 8 heteroatoms. The number of carbonyl (C=O) groups excluding carboxylic acids is 1. The van der Waals surface area contributed by atoms with Gasteiger partial charge in [-0.15, -0.1) is 10.2 Å². The lowest BCUT2D eigenvalue weighted by molar-refractivity contribution is 0.0516. The first-order valence-electron chi connectivity index (χ1n) is 7.86. The van der Waals surface area contributed by atoms with Gasteiger partial charge in [-0.2, -0.15) is 0 Å². The summed E-state index contributed by atoms with van der Waals surface area (Å²) in [6.45, 7) is 0.640. The van der Waals surface area contributed by atoms with Crippen molar-refractivity contribution in [3.8, 4) is 11.8 Å². The molecule has 6 nitrogen and oxygen atoms in total. The normalized spacial score (nSPS) is 17.2. The summed E-state index contributed by atoms with van der Waals surface area (Å²) in [6.07, 6.45) is 1.04. The minimum absolute atomic E-state index is 0.223. The fourth-order valence-corrected chi connectivity index (χ4v) is 2.73. The number of aromatic nitrogens is 2. The van der Waals surface area contributed by atoms with E-state index in [-0.39, 0.29) is 12.6 Å². The van der Waals surface area contributed by atoms with Gasteiger partial charge in [-0.25, -0.2) is 8.78 Å². The van der Waals surface area contributed by atoms with Crippen molar-refractivity contribution in [3.05, 3.63) is 47.5 Å².